The van der Waals surface area contributed by atoms with Gasteiger partial charge in [0.2, 0.25) is 5.89 Å². The zero-order valence-corrected chi connectivity index (χ0v) is 16.8. The monoisotopic (exact) mass is 466 g/mol. The maximum Gasteiger partial charge on any atom is 0.414 e. The van der Waals surface area contributed by atoms with Gasteiger partial charge in [0.25, 0.3) is 5.91 Å². The van der Waals surface area contributed by atoms with Crippen molar-refractivity contribution in [2.75, 3.05) is 19.8 Å². The predicted octanol–water partition coefficient (Wildman–Crippen LogP) is 3.18. The second-order valence-electron chi connectivity index (χ2n) is 6.79. The summed E-state index contributed by atoms with van der Waals surface area (Å²) in [6.45, 7) is -0.496. The van der Waals surface area contributed by atoms with Gasteiger partial charge in [0, 0.05) is 18.7 Å². The Morgan fingerprint density at radius 3 is 2.77 bits per heavy atom. The van der Waals surface area contributed by atoms with Crippen molar-refractivity contribution in [2.45, 2.75) is 37.5 Å². The van der Waals surface area contributed by atoms with Gasteiger partial charge in [0.1, 0.15) is 18.2 Å². The molecule has 2 heterocycles. The second-order valence-corrected chi connectivity index (χ2v) is 7.19. The van der Waals surface area contributed by atoms with Crippen molar-refractivity contribution in [3.63, 3.8) is 0 Å². The van der Waals surface area contributed by atoms with E-state index in [1.807, 2.05) is 0 Å². The molecule has 0 unspecified atom stereocenters. The number of nitrogens with zero attached hydrogens (tertiary/aromatic N) is 2. The Bertz CT molecular complexity index is 888. The average Bonchev–Trinajstić information content (AvgIpc) is 3.17. The molecule has 2 aromatic rings. The molecule has 0 radical (unpaired) electrons. The van der Waals surface area contributed by atoms with E-state index in [0.717, 1.165) is 6.07 Å². The highest BCUT2D eigenvalue weighted by Gasteiger charge is 2.29. The molecule has 1 amide bonds. The van der Waals surface area contributed by atoms with E-state index in [2.05, 4.69) is 20.8 Å². The third kappa shape index (κ3) is 7.24. The molecule has 8 nitrogen and oxygen atoms in total. The third-order valence-corrected chi connectivity index (χ3v) is 4.68. The highest BCUT2D eigenvalue weighted by Crippen LogP contribution is 2.25. The smallest absolute Gasteiger partial charge is 0.414 e. The van der Waals surface area contributed by atoms with Crippen LogP contribution < -0.4 is 20.1 Å². The van der Waals surface area contributed by atoms with E-state index in [1.165, 1.54) is 12.1 Å². The van der Waals surface area contributed by atoms with Crippen LogP contribution in [0.25, 0.3) is 0 Å². The summed E-state index contributed by atoms with van der Waals surface area (Å²) in [4.78, 5) is 12.0. The molecule has 1 saturated heterocycles. The summed E-state index contributed by atoms with van der Waals surface area (Å²) in [5.74, 6) is -0.640. The standard InChI is InChI=1S/C18H19ClF4N4O4/c19-12-3-2-11(7-13(12)20)30-9-15(28)25-10-1-4-14(24-8-10)16-26-27-17(31-16)29-6-5-18(21,22)23/h2-3,7,10,14,24H,1,4-6,8-9H2,(H,25,28)/t10-,14+/m0/s1. The van der Waals surface area contributed by atoms with E-state index in [4.69, 9.17) is 25.5 Å². The van der Waals surface area contributed by atoms with Crippen LogP contribution in [0, 0.1) is 5.82 Å². The Morgan fingerprint density at radius 2 is 2.10 bits per heavy atom. The summed E-state index contributed by atoms with van der Waals surface area (Å²) >= 11 is 5.59. The second kappa shape index (κ2) is 10.1. The molecule has 1 aromatic heterocycles. The normalized spacial score (nSPS) is 19.1. The van der Waals surface area contributed by atoms with Crippen LogP contribution in [0.5, 0.6) is 11.8 Å². The van der Waals surface area contributed by atoms with Gasteiger partial charge in [-0.15, -0.1) is 5.10 Å². The zero-order valence-electron chi connectivity index (χ0n) is 16.0. The molecule has 1 aromatic carbocycles. The lowest BCUT2D eigenvalue weighted by Crippen LogP contribution is -2.48. The number of alkyl halides is 3. The van der Waals surface area contributed by atoms with E-state index in [-0.39, 0.29) is 47.3 Å². The van der Waals surface area contributed by atoms with Crippen LogP contribution in [-0.2, 0) is 4.79 Å². The van der Waals surface area contributed by atoms with Crippen LogP contribution in [0.4, 0.5) is 17.6 Å². The number of hydrogen-bond acceptors (Lipinski definition) is 7. The highest BCUT2D eigenvalue weighted by atomic mass is 35.5. The van der Waals surface area contributed by atoms with Crippen molar-refractivity contribution in [1.29, 1.82) is 0 Å². The number of carbonyl (C=O) groups excluding carboxylic acids is 1. The molecule has 1 fully saturated rings. The minimum atomic E-state index is -4.33. The molecule has 3 rings (SSSR count). The van der Waals surface area contributed by atoms with E-state index in [9.17, 15) is 22.4 Å². The first-order valence-electron chi connectivity index (χ1n) is 9.33. The molecule has 1 aliphatic rings. The van der Waals surface area contributed by atoms with Gasteiger partial charge < -0.3 is 24.5 Å². The number of amides is 1. The molecule has 0 aliphatic carbocycles. The minimum Gasteiger partial charge on any atom is -0.484 e. The SMILES string of the molecule is O=C(COc1ccc(Cl)c(F)c1)N[C@H]1CC[C@H](c2nnc(OCCC(F)(F)F)o2)NC1. The number of ether oxygens (including phenoxy) is 2. The van der Waals surface area contributed by atoms with Crippen molar-refractivity contribution in [3.05, 3.63) is 34.9 Å². The van der Waals surface area contributed by atoms with E-state index in [0.29, 0.717) is 19.4 Å². The van der Waals surface area contributed by atoms with Gasteiger partial charge >= 0.3 is 12.3 Å². The van der Waals surface area contributed by atoms with Crippen LogP contribution in [0.2, 0.25) is 5.02 Å². The van der Waals surface area contributed by atoms with Crippen molar-refractivity contribution >= 4 is 17.5 Å². The molecular formula is C18H19ClF4N4O4. The maximum absolute atomic E-state index is 13.4. The summed E-state index contributed by atoms with van der Waals surface area (Å²) in [5, 5.41) is 13.2. The summed E-state index contributed by atoms with van der Waals surface area (Å²) in [5.41, 5.74) is 0. The first kappa shape index (κ1) is 23.1. The first-order chi connectivity index (χ1) is 14.7. The average molecular weight is 467 g/mol. The number of hydrogen-bond donors (Lipinski definition) is 2. The van der Waals surface area contributed by atoms with Crippen molar-refractivity contribution in [2.24, 2.45) is 0 Å². The zero-order chi connectivity index (χ0) is 22.4. The number of nitrogens with one attached hydrogen (secondary N) is 2. The number of rotatable bonds is 8. The maximum atomic E-state index is 13.4. The fourth-order valence-electron chi connectivity index (χ4n) is 2.85. The Balaban J connectivity index is 1.38. The van der Waals surface area contributed by atoms with E-state index >= 15 is 0 Å². The van der Waals surface area contributed by atoms with Gasteiger partial charge in [0.05, 0.1) is 17.5 Å². The summed E-state index contributed by atoms with van der Waals surface area (Å²) in [6.07, 6.45) is -4.65. The summed E-state index contributed by atoms with van der Waals surface area (Å²) < 4.78 is 65.1. The Labute approximate surface area is 179 Å². The lowest BCUT2D eigenvalue weighted by atomic mass is 10.0. The molecule has 170 valence electrons. The Kier molecular flexibility index (Phi) is 7.55. The van der Waals surface area contributed by atoms with E-state index in [1.54, 1.807) is 0 Å². The molecular weight excluding hydrogens is 448 g/mol. The molecule has 2 N–H and O–H groups in total. The Morgan fingerprint density at radius 1 is 1.29 bits per heavy atom. The fourth-order valence-corrected chi connectivity index (χ4v) is 2.97. The molecule has 31 heavy (non-hydrogen) atoms. The van der Waals surface area contributed by atoms with Crippen molar-refractivity contribution in [1.82, 2.24) is 20.8 Å². The molecule has 0 saturated carbocycles. The number of piperidine rings is 1. The van der Waals surface area contributed by atoms with Crippen LogP contribution in [0.15, 0.2) is 22.6 Å². The van der Waals surface area contributed by atoms with Gasteiger partial charge in [-0.1, -0.05) is 16.7 Å². The van der Waals surface area contributed by atoms with Crippen molar-refractivity contribution in [3.8, 4) is 11.8 Å². The van der Waals surface area contributed by atoms with Gasteiger partial charge in [0.15, 0.2) is 6.61 Å². The van der Waals surface area contributed by atoms with Gasteiger partial charge in [-0.2, -0.15) is 13.2 Å². The van der Waals surface area contributed by atoms with Crippen molar-refractivity contribution < 1.29 is 36.2 Å². The number of benzene rings is 1. The van der Waals surface area contributed by atoms with Crippen LogP contribution >= 0.6 is 11.6 Å². The quantitative estimate of drug-likeness (QED) is 0.576. The lowest BCUT2D eigenvalue weighted by molar-refractivity contribution is -0.140. The molecule has 1 aliphatic heterocycles. The summed E-state index contributed by atoms with van der Waals surface area (Å²) in [6, 6.07) is 3.39. The third-order valence-electron chi connectivity index (χ3n) is 4.37. The van der Waals surface area contributed by atoms with Gasteiger partial charge in [-0.25, -0.2) is 4.39 Å². The van der Waals surface area contributed by atoms with Crippen LogP contribution in [0.1, 0.15) is 31.2 Å². The van der Waals surface area contributed by atoms with Gasteiger partial charge in [-0.3, -0.25) is 4.79 Å². The highest BCUT2D eigenvalue weighted by molar-refractivity contribution is 6.30. The lowest BCUT2D eigenvalue weighted by Gasteiger charge is -2.28. The summed E-state index contributed by atoms with van der Waals surface area (Å²) in [7, 11) is 0. The van der Waals surface area contributed by atoms with Crippen LogP contribution in [-0.4, -0.2) is 48.1 Å². The van der Waals surface area contributed by atoms with Gasteiger partial charge in [-0.05, 0) is 25.0 Å². The predicted molar refractivity (Wildman–Crippen MR) is 99.3 cm³/mol. The molecule has 0 bridgehead atoms. The van der Waals surface area contributed by atoms with Crippen LogP contribution in [0.3, 0.4) is 0 Å². The number of halogens is 5. The molecule has 13 heteroatoms. The Hall–Kier alpha value is -2.60. The molecule has 2 atom stereocenters. The first-order valence-corrected chi connectivity index (χ1v) is 9.71. The fraction of sp³-hybridized carbons (Fsp3) is 0.500. The van der Waals surface area contributed by atoms with E-state index < -0.39 is 25.0 Å². The minimum absolute atomic E-state index is 0.0409. The number of aromatic nitrogens is 2. The molecule has 0 spiro atoms. The number of carbonyl (C=O) groups is 1. The largest absolute Gasteiger partial charge is 0.484 e. The topological polar surface area (TPSA) is 98.5 Å².